The summed E-state index contributed by atoms with van der Waals surface area (Å²) in [6, 6.07) is 9.50. The molecule has 5 nitrogen and oxygen atoms in total. The summed E-state index contributed by atoms with van der Waals surface area (Å²) < 4.78 is 26.4. The first-order valence-electron chi connectivity index (χ1n) is 9.15. The lowest BCUT2D eigenvalue weighted by Gasteiger charge is -2.23. The Bertz CT molecular complexity index is 864. The van der Waals surface area contributed by atoms with Gasteiger partial charge in [0.2, 0.25) is 5.91 Å². The van der Waals surface area contributed by atoms with Gasteiger partial charge in [-0.2, -0.15) is 0 Å². The van der Waals surface area contributed by atoms with E-state index < -0.39 is 15.1 Å². The first kappa shape index (κ1) is 19.8. The van der Waals surface area contributed by atoms with Crippen molar-refractivity contribution in [3.63, 3.8) is 0 Å². The zero-order valence-corrected chi connectivity index (χ0v) is 16.5. The zero-order chi connectivity index (χ0) is 19.3. The minimum Gasteiger partial charge on any atom is -0.354 e. The number of carbonyl (C=O) groups excluding carboxylic acids is 1. The van der Waals surface area contributed by atoms with Crippen LogP contribution >= 0.6 is 11.6 Å². The van der Waals surface area contributed by atoms with Crippen LogP contribution in [0, 0.1) is 5.92 Å². The minimum absolute atomic E-state index is 0.0198. The molecule has 3 rings (SSSR count). The standard InChI is InChI=1S/C20H23ClN2O3S/c21-17-8-10-18(11-9-17)27(25,26)19(16-7-4-12-22-13-16)14-23-20(24)15-5-2-1-3-6-15/h4,7-13,15,19H,1-3,5-6,14H2,(H,23,24)/t19-/m1/s1. The second-order valence-corrected chi connectivity index (χ2v) is 9.42. The second kappa shape index (κ2) is 8.85. The van der Waals surface area contributed by atoms with Gasteiger partial charge in [-0.1, -0.05) is 36.9 Å². The molecule has 1 aliphatic carbocycles. The van der Waals surface area contributed by atoms with E-state index in [9.17, 15) is 13.2 Å². The van der Waals surface area contributed by atoms with Crippen molar-refractivity contribution in [3.05, 3.63) is 59.4 Å². The van der Waals surface area contributed by atoms with Gasteiger partial charge in [0.15, 0.2) is 9.84 Å². The van der Waals surface area contributed by atoms with E-state index in [0.717, 1.165) is 32.1 Å². The number of hydrogen-bond acceptors (Lipinski definition) is 4. The van der Waals surface area contributed by atoms with E-state index in [-0.39, 0.29) is 23.3 Å². The van der Waals surface area contributed by atoms with Gasteiger partial charge < -0.3 is 5.32 Å². The van der Waals surface area contributed by atoms with Crippen molar-refractivity contribution < 1.29 is 13.2 Å². The van der Waals surface area contributed by atoms with Gasteiger partial charge in [0.25, 0.3) is 0 Å². The maximum atomic E-state index is 13.2. The number of rotatable bonds is 6. The third kappa shape index (κ3) is 4.87. The van der Waals surface area contributed by atoms with E-state index in [0.29, 0.717) is 10.6 Å². The molecule has 0 saturated heterocycles. The number of carbonyl (C=O) groups is 1. The third-order valence-corrected chi connectivity index (χ3v) is 7.38. The van der Waals surface area contributed by atoms with E-state index in [1.165, 1.54) is 18.3 Å². The van der Waals surface area contributed by atoms with Crippen molar-refractivity contribution in [3.8, 4) is 0 Å². The topological polar surface area (TPSA) is 76.1 Å². The lowest BCUT2D eigenvalue weighted by atomic mass is 9.88. The fraction of sp³-hybridized carbons (Fsp3) is 0.400. The van der Waals surface area contributed by atoms with Crippen molar-refractivity contribution >= 4 is 27.3 Å². The van der Waals surface area contributed by atoms with E-state index >= 15 is 0 Å². The number of halogens is 1. The molecule has 1 aromatic heterocycles. The maximum absolute atomic E-state index is 13.2. The van der Waals surface area contributed by atoms with E-state index in [2.05, 4.69) is 10.3 Å². The van der Waals surface area contributed by atoms with Gasteiger partial charge in [0.05, 0.1) is 4.90 Å². The van der Waals surface area contributed by atoms with Gasteiger partial charge in [0, 0.05) is 29.9 Å². The van der Waals surface area contributed by atoms with E-state index in [1.807, 2.05) is 0 Å². The predicted octanol–water partition coefficient (Wildman–Crippen LogP) is 3.95. The second-order valence-electron chi connectivity index (χ2n) is 6.85. The SMILES string of the molecule is O=C(NC[C@H](c1cccnc1)S(=O)(=O)c1ccc(Cl)cc1)C1CCCCC1. The minimum atomic E-state index is -3.71. The lowest BCUT2D eigenvalue weighted by molar-refractivity contribution is -0.125. The van der Waals surface area contributed by atoms with Crippen LogP contribution in [0.3, 0.4) is 0 Å². The number of nitrogens with one attached hydrogen (secondary N) is 1. The molecule has 0 spiro atoms. The summed E-state index contributed by atoms with van der Waals surface area (Å²) in [5.41, 5.74) is 0.552. The Morgan fingerprint density at radius 1 is 1.15 bits per heavy atom. The summed E-state index contributed by atoms with van der Waals surface area (Å²) in [6.07, 6.45) is 8.12. The largest absolute Gasteiger partial charge is 0.354 e. The molecule has 1 N–H and O–H groups in total. The first-order valence-corrected chi connectivity index (χ1v) is 11.1. The van der Waals surface area contributed by atoms with Crippen LogP contribution in [-0.4, -0.2) is 25.9 Å². The molecule has 1 aliphatic rings. The van der Waals surface area contributed by atoms with Gasteiger partial charge in [-0.25, -0.2) is 8.42 Å². The normalized spacial score (nSPS) is 16.6. The lowest BCUT2D eigenvalue weighted by Crippen LogP contribution is -2.36. The number of aromatic nitrogens is 1. The Hall–Kier alpha value is -1.92. The van der Waals surface area contributed by atoms with Crippen molar-refractivity contribution in [1.82, 2.24) is 10.3 Å². The molecule has 1 fully saturated rings. The molecule has 1 saturated carbocycles. The van der Waals surface area contributed by atoms with Crippen LogP contribution in [0.5, 0.6) is 0 Å². The molecule has 1 atom stereocenters. The van der Waals surface area contributed by atoms with Crippen molar-refractivity contribution in [2.45, 2.75) is 42.2 Å². The highest BCUT2D eigenvalue weighted by Gasteiger charge is 2.31. The number of hydrogen-bond donors (Lipinski definition) is 1. The van der Waals surface area contributed by atoms with Crippen LogP contribution in [0.1, 0.15) is 42.9 Å². The van der Waals surface area contributed by atoms with Gasteiger partial charge >= 0.3 is 0 Å². The molecule has 0 aliphatic heterocycles. The Kier molecular flexibility index (Phi) is 6.50. The van der Waals surface area contributed by atoms with Crippen molar-refractivity contribution in [2.75, 3.05) is 6.54 Å². The number of pyridine rings is 1. The molecule has 1 heterocycles. The fourth-order valence-corrected chi connectivity index (χ4v) is 5.23. The number of benzene rings is 1. The van der Waals surface area contributed by atoms with Crippen LogP contribution in [0.4, 0.5) is 0 Å². The third-order valence-electron chi connectivity index (χ3n) is 5.01. The maximum Gasteiger partial charge on any atom is 0.223 e. The highest BCUT2D eigenvalue weighted by atomic mass is 35.5. The molecular formula is C20H23ClN2O3S. The monoisotopic (exact) mass is 406 g/mol. The van der Waals surface area contributed by atoms with E-state index in [1.54, 1.807) is 30.5 Å². The molecule has 2 aromatic rings. The zero-order valence-electron chi connectivity index (χ0n) is 15.0. The average molecular weight is 407 g/mol. The first-order chi connectivity index (χ1) is 13.0. The summed E-state index contributed by atoms with van der Waals surface area (Å²) in [5.74, 6) is -0.0820. The molecule has 1 amide bonds. The highest BCUT2D eigenvalue weighted by Crippen LogP contribution is 2.29. The van der Waals surface area contributed by atoms with Gasteiger partial charge in [-0.3, -0.25) is 9.78 Å². The smallest absolute Gasteiger partial charge is 0.223 e. The van der Waals surface area contributed by atoms with Gasteiger partial charge in [-0.15, -0.1) is 0 Å². The van der Waals surface area contributed by atoms with Crippen molar-refractivity contribution in [2.24, 2.45) is 5.92 Å². The number of amides is 1. The van der Waals surface area contributed by atoms with E-state index in [4.69, 9.17) is 11.6 Å². The highest BCUT2D eigenvalue weighted by molar-refractivity contribution is 7.91. The van der Waals surface area contributed by atoms with Crippen LogP contribution in [0.2, 0.25) is 5.02 Å². The Morgan fingerprint density at radius 3 is 2.48 bits per heavy atom. The molecule has 1 aromatic carbocycles. The fourth-order valence-electron chi connectivity index (χ4n) is 3.46. The summed E-state index contributed by atoms with van der Waals surface area (Å²) in [6.45, 7) is 0.0198. The molecule has 144 valence electrons. The van der Waals surface area contributed by atoms with Gasteiger partial charge in [-0.05, 0) is 48.7 Å². The Labute approximate surface area is 165 Å². The summed E-state index contributed by atoms with van der Waals surface area (Å²) in [4.78, 5) is 16.7. The van der Waals surface area contributed by atoms with Gasteiger partial charge in [0.1, 0.15) is 5.25 Å². The average Bonchev–Trinajstić information content (AvgIpc) is 2.69. The predicted molar refractivity (Wildman–Crippen MR) is 105 cm³/mol. The molecule has 0 radical (unpaired) electrons. The van der Waals surface area contributed by atoms with Crippen LogP contribution in [-0.2, 0) is 14.6 Å². The molecule has 0 unspecified atom stereocenters. The van der Waals surface area contributed by atoms with Crippen LogP contribution in [0.15, 0.2) is 53.7 Å². The van der Waals surface area contributed by atoms with Crippen LogP contribution in [0.25, 0.3) is 0 Å². The van der Waals surface area contributed by atoms with Crippen LogP contribution < -0.4 is 5.32 Å². The summed E-state index contributed by atoms with van der Waals surface area (Å²) in [7, 11) is -3.71. The van der Waals surface area contributed by atoms with Crippen molar-refractivity contribution in [1.29, 1.82) is 0 Å². The Balaban J connectivity index is 1.83. The quantitative estimate of drug-likeness (QED) is 0.788. The molecular weight excluding hydrogens is 384 g/mol. The molecule has 7 heteroatoms. The molecule has 0 bridgehead atoms. The summed E-state index contributed by atoms with van der Waals surface area (Å²) >= 11 is 5.89. The number of sulfone groups is 1. The number of nitrogens with zero attached hydrogens (tertiary/aromatic N) is 1. The Morgan fingerprint density at radius 2 is 1.85 bits per heavy atom. The summed E-state index contributed by atoms with van der Waals surface area (Å²) in [5, 5.41) is 2.43. The molecule has 27 heavy (non-hydrogen) atoms.